The summed E-state index contributed by atoms with van der Waals surface area (Å²) >= 11 is 0. The summed E-state index contributed by atoms with van der Waals surface area (Å²) in [6.45, 7) is 1.05. The molecule has 0 radical (unpaired) electrons. The van der Waals surface area contributed by atoms with Crippen molar-refractivity contribution < 1.29 is 9.50 Å². The lowest BCUT2D eigenvalue weighted by Gasteiger charge is -2.38. The molecule has 0 unspecified atom stereocenters. The van der Waals surface area contributed by atoms with Crippen LogP contribution in [0.25, 0.3) is 0 Å². The Labute approximate surface area is 120 Å². The number of nitrogens with one attached hydrogen (secondary N) is 1. The summed E-state index contributed by atoms with van der Waals surface area (Å²) in [5.41, 5.74) is -0.722. The molecule has 2 heterocycles. The molecule has 1 aromatic heterocycles. The number of aromatic amines is 1. The molecule has 1 aliphatic heterocycles. The minimum Gasteiger partial charge on any atom is -0.385 e. The van der Waals surface area contributed by atoms with E-state index in [1.807, 2.05) is 4.90 Å². The zero-order chi connectivity index (χ0) is 14.9. The summed E-state index contributed by atoms with van der Waals surface area (Å²) in [4.78, 5) is 23.2. The highest BCUT2D eigenvalue weighted by molar-refractivity contribution is 5.32. The highest BCUT2D eigenvalue weighted by Gasteiger charge is 2.34. The zero-order valence-electron chi connectivity index (χ0n) is 11.3. The third-order valence-electron chi connectivity index (χ3n) is 3.82. The molecule has 2 N–H and O–H groups in total. The number of anilines is 1. The van der Waals surface area contributed by atoms with Crippen molar-refractivity contribution in [3.05, 3.63) is 52.5 Å². The molecule has 3 rings (SSSR count). The first-order chi connectivity index (χ1) is 10.1. The van der Waals surface area contributed by atoms with E-state index in [2.05, 4.69) is 15.0 Å². The SMILES string of the molecule is O=c1nc(N2CCC(O)(c3ccc(F)cc3)CC2)nc[nH]1. The van der Waals surface area contributed by atoms with Gasteiger partial charge in [-0.2, -0.15) is 4.98 Å². The van der Waals surface area contributed by atoms with Crippen LogP contribution >= 0.6 is 0 Å². The van der Waals surface area contributed by atoms with Crippen LogP contribution in [0, 0.1) is 5.82 Å². The number of halogens is 1. The number of nitrogens with zero attached hydrogens (tertiary/aromatic N) is 3. The van der Waals surface area contributed by atoms with Crippen LogP contribution in [0.2, 0.25) is 0 Å². The van der Waals surface area contributed by atoms with Crippen molar-refractivity contribution in [1.82, 2.24) is 15.0 Å². The van der Waals surface area contributed by atoms with E-state index in [1.54, 1.807) is 12.1 Å². The van der Waals surface area contributed by atoms with E-state index < -0.39 is 11.3 Å². The van der Waals surface area contributed by atoms with Gasteiger partial charge in [0.05, 0.1) is 5.60 Å². The van der Waals surface area contributed by atoms with Crippen molar-refractivity contribution in [2.45, 2.75) is 18.4 Å². The Morgan fingerprint density at radius 1 is 1.24 bits per heavy atom. The zero-order valence-corrected chi connectivity index (χ0v) is 11.3. The van der Waals surface area contributed by atoms with E-state index in [4.69, 9.17) is 0 Å². The molecule has 1 fully saturated rings. The Hall–Kier alpha value is -2.28. The topological polar surface area (TPSA) is 82.1 Å². The van der Waals surface area contributed by atoms with Crippen molar-refractivity contribution in [2.75, 3.05) is 18.0 Å². The Morgan fingerprint density at radius 3 is 2.52 bits per heavy atom. The Kier molecular flexibility index (Phi) is 3.42. The molecule has 21 heavy (non-hydrogen) atoms. The number of aromatic nitrogens is 3. The summed E-state index contributed by atoms with van der Waals surface area (Å²) in [6.07, 6.45) is 2.25. The molecule has 6 nitrogen and oxygen atoms in total. The number of hydrogen-bond acceptors (Lipinski definition) is 5. The van der Waals surface area contributed by atoms with Gasteiger partial charge in [-0.15, -0.1) is 0 Å². The van der Waals surface area contributed by atoms with Gasteiger partial charge < -0.3 is 10.0 Å². The van der Waals surface area contributed by atoms with Crippen LogP contribution in [0.1, 0.15) is 18.4 Å². The number of benzene rings is 1. The number of H-pyrrole nitrogens is 1. The lowest BCUT2D eigenvalue weighted by Crippen LogP contribution is -2.43. The predicted octanol–water partition coefficient (Wildman–Crippen LogP) is 0.792. The van der Waals surface area contributed by atoms with Gasteiger partial charge in [0.25, 0.3) is 0 Å². The van der Waals surface area contributed by atoms with Crippen LogP contribution in [0.15, 0.2) is 35.4 Å². The monoisotopic (exact) mass is 290 g/mol. The van der Waals surface area contributed by atoms with Gasteiger partial charge in [0.15, 0.2) is 0 Å². The molecule has 2 aromatic rings. The van der Waals surface area contributed by atoms with E-state index in [9.17, 15) is 14.3 Å². The highest BCUT2D eigenvalue weighted by Crippen LogP contribution is 2.33. The molecule has 0 atom stereocenters. The maximum absolute atomic E-state index is 13.0. The van der Waals surface area contributed by atoms with Gasteiger partial charge in [-0.05, 0) is 30.5 Å². The van der Waals surface area contributed by atoms with Gasteiger partial charge in [0, 0.05) is 13.1 Å². The van der Waals surface area contributed by atoms with Crippen molar-refractivity contribution in [3.63, 3.8) is 0 Å². The fourth-order valence-corrected chi connectivity index (χ4v) is 2.57. The minimum absolute atomic E-state index is 0.323. The maximum Gasteiger partial charge on any atom is 0.349 e. The molecular formula is C14H15FN4O2. The number of hydrogen-bond donors (Lipinski definition) is 2. The Balaban J connectivity index is 1.75. The summed E-state index contributed by atoms with van der Waals surface area (Å²) in [5, 5.41) is 10.7. The molecule has 7 heteroatoms. The molecule has 0 spiro atoms. The van der Waals surface area contributed by atoms with Crippen LogP contribution in [0.3, 0.4) is 0 Å². The first kappa shape index (κ1) is 13.7. The normalized spacial score (nSPS) is 17.7. The van der Waals surface area contributed by atoms with Crippen LogP contribution < -0.4 is 10.6 Å². The maximum atomic E-state index is 13.0. The van der Waals surface area contributed by atoms with Crippen LogP contribution in [-0.4, -0.2) is 33.1 Å². The lowest BCUT2D eigenvalue weighted by atomic mass is 9.84. The molecule has 0 saturated carbocycles. The van der Waals surface area contributed by atoms with Gasteiger partial charge in [-0.1, -0.05) is 12.1 Å². The van der Waals surface area contributed by atoms with E-state index in [1.165, 1.54) is 18.5 Å². The van der Waals surface area contributed by atoms with Crippen molar-refractivity contribution in [3.8, 4) is 0 Å². The highest BCUT2D eigenvalue weighted by atomic mass is 19.1. The smallest absolute Gasteiger partial charge is 0.349 e. The average molecular weight is 290 g/mol. The van der Waals surface area contributed by atoms with Crippen LogP contribution in [0.4, 0.5) is 10.3 Å². The molecule has 0 amide bonds. The Bertz CT molecular complexity index is 678. The molecular weight excluding hydrogens is 275 g/mol. The quantitative estimate of drug-likeness (QED) is 0.854. The van der Waals surface area contributed by atoms with E-state index in [0.717, 1.165) is 0 Å². The first-order valence-corrected chi connectivity index (χ1v) is 6.72. The van der Waals surface area contributed by atoms with Gasteiger partial charge in [-0.3, -0.25) is 4.98 Å². The van der Waals surface area contributed by atoms with E-state index in [-0.39, 0.29) is 5.82 Å². The third kappa shape index (κ3) is 2.78. The van der Waals surface area contributed by atoms with Crippen LogP contribution in [-0.2, 0) is 5.60 Å². The fraction of sp³-hybridized carbons (Fsp3) is 0.357. The second-order valence-electron chi connectivity index (χ2n) is 5.15. The van der Waals surface area contributed by atoms with Gasteiger partial charge >= 0.3 is 5.69 Å². The van der Waals surface area contributed by atoms with Crippen LogP contribution in [0.5, 0.6) is 0 Å². The molecule has 1 aromatic carbocycles. The molecule has 0 bridgehead atoms. The number of piperidine rings is 1. The van der Waals surface area contributed by atoms with Gasteiger partial charge in [-0.25, -0.2) is 14.2 Å². The molecule has 1 aliphatic rings. The largest absolute Gasteiger partial charge is 0.385 e. The standard InChI is InChI=1S/C14H15FN4O2/c15-11-3-1-10(2-4-11)14(21)5-7-19(8-6-14)12-16-9-17-13(20)18-12/h1-4,9,21H,5-8H2,(H,16,17,18,20). The van der Waals surface area contributed by atoms with E-state index in [0.29, 0.717) is 37.4 Å². The van der Waals surface area contributed by atoms with Crippen molar-refractivity contribution in [1.29, 1.82) is 0 Å². The second-order valence-corrected chi connectivity index (χ2v) is 5.15. The number of rotatable bonds is 2. The average Bonchev–Trinajstić information content (AvgIpc) is 2.48. The summed E-state index contributed by atoms with van der Waals surface area (Å²) in [6, 6.07) is 5.91. The van der Waals surface area contributed by atoms with Crippen molar-refractivity contribution >= 4 is 5.95 Å². The van der Waals surface area contributed by atoms with Gasteiger partial charge in [0.2, 0.25) is 5.95 Å². The first-order valence-electron chi connectivity index (χ1n) is 6.72. The predicted molar refractivity (Wildman–Crippen MR) is 74.4 cm³/mol. The molecule has 1 saturated heterocycles. The summed E-state index contributed by atoms with van der Waals surface area (Å²) in [5.74, 6) is 0.0385. The molecule has 0 aliphatic carbocycles. The summed E-state index contributed by atoms with van der Waals surface area (Å²) in [7, 11) is 0. The van der Waals surface area contributed by atoms with E-state index >= 15 is 0 Å². The number of aliphatic hydroxyl groups is 1. The lowest BCUT2D eigenvalue weighted by molar-refractivity contribution is 0.0114. The fourth-order valence-electron chi connectivity index (χ4n) is 2.57. The van der Waals surface area contributed by atoms with Crippen molar-refractivity contribution in [2.24, 2.45) is 0 Å². The second kappa shape index (κ2) is 5.25. The van der Waals surface area contributed by atoms with Gasteiger partial charge in [0.1, 0.15) is 12.1 Å². The minimum atomic E-state index is -0.981. The molecule has 110 valence electrons. The Morgan fingerprint density at radius 2 is 1.90 bits per heavy atom. The summed E-state index contributed by atoms with van der Waals surface area (Å²) < 4.78 is 13.0. The third-order valence-corrected chi connectivity index (χ3v) is 3.82.